The molecular formula is C17H22O. The van der Waals surface area contributed by atoms with Crippen LogP contribution in [0.1, 0.15) is 19.4 Å². The Morgan fingerprint density at radius 2 is 2.11 bits per heavy atom. The number of benzene rings is 1. The van der Waals surface area contributed by atoms with E-state index in [1.54, 1.807) is 12.2 Å². The highest BCUT2D eigenvalue weighted by molar-refractivity contribution is 5.30. The molecule has 0 aliphatic rings. The van der Waals surface area contributed by atoms with E-state index in [1.807, 2.05) is 18.2 Å². The minimum absolute atomic E-state index is 0.528. The van der Waals surface area contributed by atoms with Gasteiger partial charge in [-0.1, -0.05) is 57.4 Å². The smallest absolute Gasteiger partial charge is 0.120 e. The van der Waals surface area contributed by atoms with Crippen LogP contribution in [0.4, 0.5) is 0 Å². The molecule has 18 heavy (non-hydrogen) atoms. The molecule has 0 spiro atoms. The summed E-state index contributed by atoms with van der Waals surface area (Å²) in [5, 5.41) is 0. The zero-order chi connectivity index (χ0) is 13.4. The van der Waals surface area contributed by atoms with Crippen molar-refractivity contribution in [2.45, 2.75) is 20.3 Å². The minimum Gasteiger partial charge on any atom is -0.489 e. The molecule has 1 nitrogen and oxygen atoms in total. The van der Waals surface area contributed by atoms with Crippen molar-refractivity contribution in [1.29, 1.82) is 0 Å². The molecule has 0 aromatic heterocycles. The summed E-state index contributed by atoms with van der Waals surface area (Å²) in [6.45, 7) is 12.4. The van der Waals surface area contributed by atoms with Crippen molar-refractivity contribution in [3.8, 4) is 5.75 Å². The van der Waals surface area contributed by atoms with Gasteiger partial charge in [-0.2, -0.15) is 0 Å². The van der Waals surface area contributed by atoms with Gasteiger partial charge in [-0.25, -0.2) is 0 Å². The Hall–Kier alpha value is -1.76. The summed E-state index contributed by atoms with van der Waals surface area (Å²) >= 11 is 0. The Bertz CT molecular complexity index is 427. The van der Waals surface area contributed by atoms with Crippen molar-refractivity contribution in [1.82, 2.24) is 0 Å². The second-order valence-corrected chi connectivity index (χ2v) is 4.72. The molecule has 96 valence electrons. The molecular weight excluding hydrogens is 220 g/mol. The van der Waals surface area contributed by atoms with Crippen LogP contribution < -0.4 is 4.74 Å². The number of hydrogen-bond donors (Lipinski definition) is 0. The molecule has 0 bridgehead atoms. The topological polar surface area (TPSA) is 9.23 Å². The number of hydrogen-bond acceptors (Lipinski definition) is 1. The third-order valence-corrected chi connectivity index (χ3v) is 2.54. The van der Waals surface area contributed by atoms with Gasteiger partial charge in [0.15, 0.2) is 0 Å². The van der Waals surface area contributed by atoms with E-state index in [-0.39, 0.29) is 0 Å². The third-order valence-electron chi connectivity index (χ3n) is 2.54. The molecule has 0 radical (unpaired) electrons. The zero-order valence-electron chi connectivity index (χ0n) is 11.4. The summed E-state index contributed by atoms with van der Waals surface area (Å²) in [5.74, 6) is 1.56. The predicted molar refractivity (Wildman–Crippen MR) is 79.0 cm³/mol. The molecule has 0 unspecified atom stereocenters. The van der Waals surface area contributed by atoms with Crippen molar-refractivity contribution in [2.75, 3.05) is 6.61 Å². The average Bonchev–Trinajstić information content (AvgIpc) is 2.34. The van der Waals surface area contributed by atoms with E-state index < -0.39 is 0 Å². The molecule has 0 amide bonds. The summed E-state index contributed by atoms with van der Waals surface area (Å²) in [6, 6.07) is 8.27. The molecule has 0 aliphatic heterocycles. The number of ether oxygens (including phenoxy) is 1. The molecule has 0 heterocycles. The van der Waals surface area contributed by atoms with Gasteiger partial charge in [0, 0.05) is 0 Å². The molecule has 1 aromatic rings. The third kappa shape index (κ3) is 5.05. The van der Waals surface area contributed by atoms with Gasteiger partial charge < -0.3 is 4.74 Å². The molecule has 0 N–H and O–H groups in total. The van der Waals surface area contributed by atoms with Crippen molar-refractivity contribution >= 4 is 0 Å². The lowest BCUT2D eigenvalue weighted by Gasteiger charge is -2.09. The van der Waals surface area contributed by atoms with Crippen molar-refractivity contribution in [3.63, 3.8) is 0 Å². The van der Waals surface area contributed by atoms with Crippen LogP contribution in [0.5, 0.6) is 5.75 Å². The SMILES string of the molecule is C=C/C=C(\C=C)COc1cccc(CC(C)C)c1. The van der Waals surface area contributed by atoms with Crippen molar-refractivity contribution in [3.05, 3.63) is 66.8 Å². The Labute approximate surface area is 110 Å². The summed E-state index contributed by atoms with van der Waals surface area (Å²) in [7, 11) is 0. The quantitative estimate of drug-likeness (QED) is 0.637. The zero-order valence-corrected chi connectivity index (χ0v) is 11.4. The summed E-state index contributed by atoms with van der Waals surface area (Å²) < 4.78 is 5.75. The Balaban J connectivity index is 2.64. The van der Waals surface area contributed by atoms with Gasteiger partial charge in [-0.05, 0) is 35.6 Å². The molecule has 0 atom stereocenters. The first-order valence-corrected chi connectivity index (χ1v) is 6.31. The van der Waals surface area contributed by atoms with Gasteiger partial charge in [-0.15, -0.1) is 0 Å². The van der Waals surface area contributed by atoms with E-state index in [0.29, 0.717) is 12.5 Å². The fraction of sp³-hybridized carbons (Fsp3) is 0.294. The number of rotatable bonds is 7. The molecule has 1 heteroatoms. The van der Waals surface area contributed by atoms with Gasteiger partial charge in [0.2, 0.25) is 0 Å². The highest BCUT2D eigenvalue weighted by Gasteiger charge is 2.00. The minimum atomic E-state index is 0.528. The maximum absolute atomic E-state index is 5.75. The van der Waals surface area contributed by atoms with E-state index >= 15 is 0 Å². The van der Waals surface area contributed by atoms with Gasteiger partial charge >= 0.3 is 0 Å². The fourth-order valence-corrected chi connectivity index (χ4v) is 1.73. The lowest BCUT2D eigenvalue weighted by molar-refractivity contribution is 0.355. The van der Waals surface area contributed by atoms with Crippen LogP contribution >= 0.6 is 0 Å². The fourth-order valence-electron chi connectivity index (χ4n) is 1.73. The maximum Gasteiger partial charge on any atom is 0.120 e. The van der Waals surface area contributed by atoms with E-state index in [4.69, 9.17) is 4.74 Å². The van der Waals surface area contributed by atoms with Crippen LogP contribution in [0.2, 0.25) is 0 Å². The van der Waals surface area contributed by atoms with Gasteiger partial charge in [0.05, 0.1) is 0 Å². The van der Waals surface area contributed by atoms with Crippen LogP contribution in [0.15, 0.2) is 61.2 Å². The lowest BCUT2D eigenvalue weighted by Crippen LogP contribution is -2.00. The Morgan fingerprint density at radius 3 is 2.72 bits per heavy atom. The Morgan fingerprint density at radius 1 is 1.33 bits per heavy atom. The Kier molecular flexibility index (Phi) is 5.99. The first kappa shape index (κ1) is 14.3. The second-order valence-electron chi connectivity index (χ2n) is 4.72. The van der Waals surface area contributed by atoms with Crippen molar-refractivity contribution < 1.29 is 4.74 Å². The van der Waals surface area contributed by atoms with E-state index in [2.05, 4.69) is 39.1 Å². The normalized spacial score (nSPS) is 11.4. The summed E-state index contributed by atoms with van der Waals surface area (Å²) in [6.07, 6.45) is 6.52. The molecule has 1 aromatic carbocycles. The number of allylic oxidation sites excluding steroid dienone is 2. The van der Waals surface area contributed by atoms with Crippen LogP contribution in [0.3, 0.4) is 0 Å². The van der Waals surface area contributed by atoms with Crippen LogP contribution in [0, 0.1) is 5.92 Å². The molecule has 0 saturated heterocycles. The first-order valence-electron chi connectivity index (χ1n) is 6.31. The molecule has 0 aliphatic carbocycles. The van der Waals surface area contributed by atoms with E-state index in [1.165, 1.54) is 5.56 Å². The van der Waals surface area contributed by atoms with Crippen molar-refractivity contribution in [2.24, 2.45) is 5.92 Å². The highest BCUT2D eigenvalue weighted by atomic mass is 16.5. The monoisotopic (exact) mass is 242 g/mol. The van der Waals surface area contributed by atoms with Crippen LogP contribution in [0.25, 0.3) is 0 Å². The van der Waals surface area contributed by atoms with Gasteiger partial charge in [0.1, 0.15) is 12.4 Å². The largest absolute Gasteiger partial charge is 0.489 e. The average molecular weight is 242 g/mol. The predicted octanol–water partition coefficient (Wildman–Crippen LogP) is 4.56. The van der Waals surface area contributed by atoms with Gasteiger partial charge in [0.25, 0.3) is 0 Å². The lowest BCUT2D eigenvalue weighted by atomic mass is 10.0. The standard InChI is InChI=1S/C17H22O/c1-5-8-15(6-2)13-18-17-10-7-9-16(12-17)11-14(3)4/h5-10,12,14H,1-2,11,13H2,3-4H3/b15-8+. The maximum atomic E-state index is 5.75. The molecule has 0 saturated carbocycles. The van der Waals surface area contributed by atoms with Crippen LogP contribution in [-0.4, -0.2) is 6.61 Å². The molecule has 1 rings (SSSR count). The van der Waals surface area contributed by atoms with E-state index in [9.17, 15) is 0 Å². The van der Waals surface area contributed by atoms with E-state index in [0.717, 1.165) is 17.7 Å². The second kappa shape index (κ2) is 7.54. The summed E-state index contributed by atoms with van der Waals surface area (Å²) in [4.78, 5) is 0. The van der Waals surface area contributed by atoms with Crippen LogP contribution in [-0.2, 0) is 6.42 Å². The van der Waals surface area contributed by atoms with Gasteiger partial charge in [-0.3, -0.25) is 0 Å². The summed E-state index contributed by atoms with van der Waals surface area (Å²) in [5.41, 5.74) is 2.34. The molecule has 0 fully saturated rings. The highest BCUT2D eigenvalue weighted by Crippen LogP contribution is 2.17. The first-order chi connectivity index (χ1) is 8.65.